The average Bonchev–Trinajstić information content (AvgIpc) is 2.98. The summed E-state index contributed by atoms with van der Waals surface area (Å²) in [5, 5.41) is 86.0. The second-order valence-corrected chi connectivity index (χ2v) is 6.53. The first-order chi connectivity index (χ1) is 12.9. The maximum Gasteiger partial charge on any atom is 0.364 e. The van der Waals surface area contributed by atoms with Gasteiger partial charge in [0.15, 0.2) is 12.4 Å². The standard InChI is InChI=1S/C14H22O14/c15-2-3(16)5(17)9-4(1-14(25,28-9)13(23)24)26-12-8(20)6(18)7(19)10(27-12)11(21)22/h3-10,12,15-20,25H,1-2H2,(H,21,22)(H,23,24)/t3-,4-,5-,6+,7+,8-,9-,10+,12+,14+/m1/s1. The molecule has 2 saturated heterocycles. The van der Waals surface area contributed by atoms with E-state index in [2.05, 4.69) is 0 Å². The van der Waals surface area contributed by atoms with Gasteiger partial charge in [-0.05, 0) is 0 Å². The van der Waals surface area contributed by atoms with Crippen LogP contribution in [0.3, 0.4) is 0 Å². The Morgan fingerprint density at radius 1 is 1.11 bits per heavy atom. The summed E-state index contributed by atoms with van der Waals surface area (Å²) in [5.74, 6) is -6.42. The zero-order valence-electron chi connectivity index (χ0n) is 14.2. The lowest BCUT2D eigenvalue weighted by Gasteiger charge is -2.40. The van der Waals surface area contributed by atoms with Gasteiger partial charge in [-0.1, -0.05) is 0 Å². The van der Waals surface area contributed by atoms with E-state index in [-0.39, 0.29) is 0 Å². The van der Waals surface area contributed by atoms with Crippen molar-refractivity contribution in [3.05, 3.63) is 0 Å². The highest BCUT2D eigenvalue weighted by atomic mass is 16.7. The van der Waals surface area contributed by atoms with Gasteiger partial charge >= 0.3 is 11.9 Å². The molecular weight excluding hydrogens is 392 g/mol. The number of aliphatic hydroxyl groups is 7. The molecular formula is C14H22O14. The number of carboxylic acid groups (broad SMARTS) is 2. The van der Waals surface area contributed by atoms with E-state index in [1.165, 1.54) is 0 Å². The third-order valence-electron chi connectivity index (χ3n) is 4.55. The van der Waals surface area contributed by atoms with Crippen LogP contribution in [-0.4, -0.2) is 125 Å². The van der Waals surface area contributed by atoms with Gasteiger partial charge in [0.1, 0.15) is 36.6 Å². The molecule has 162 valence electrons. The summed E-state index contributed by atoms with van der Waals surface area (Å²) in [6.45, 7) is -0.951. The van der Waals surface area contributed by atoms with Crippen molar-refractivity contribution in [1.82, 2.24) is 0 Å². The fourth-order valence-corrected chi connectivity index (χ4v) is 2.95. The van der Waals surface area contributed by atoms with Crippen molar-refractivity contribution >= 4 is 11.9 Å². The first kappa shape index (κ1) is 22.8. The molecule has 10 atom stereocenters. The lowest BCUT2D eigenvalue weighted by Crippen LogP contribution is -2.61. The van der Waals surface area contributed by atoms with Crippen molar-refractivity contribution in [2.45, 2.75) is 67.3 Å². The van der Waals surface area contributed by atoms with Gasteiger partial charge in [0.25, 0.3) is 5.79 Å². The molecule has 0 aromatic heterocycles. The molecule has 2 aliphatic heterocycles. The fraction of sp³-hybridized carbons (Fsp3) is 0.857. The van der Waals surface area contributed by atoms with E-state index in [1.807, 2.05) is 0 Å². The molecule has 2 fully saturated rings. The van der Waals surface area contributed by atoms with Crippen LogP contribution in [-0.2, 0) is 23.8 Å². The Balaban J connectivity index is 2.24. The highest BCUT2D eigenvalue weighted by Gasteiger charge is 2.57. The van der Waals surface area contributed by atoms with E-state index >= 15 is 0 Å². The number of hydrogen-bond donors (Lipinski definition) is 9. The number of hydrogen-bond acceptors (Lipinski definition) is 12. The fourth-order valence-electron chi connectivity index (χ4n) is 2.95. The Bertz CT molecular complexity index is 584. The minimum absolute atomic E-state index is 0.842. The van der Waals surface area contributed by atoms with Crippen LogP contribution in [0.2, 0.25) is 0 Å². The molecule has 0 radical (unpaired) electrons. The predicted molar refractivity (Wildman–Crippen MR) is 80.4 cm³/mol. The predicted octanol–water partition coefficient (Wildman–Crippen LogP) is -5.46. The van der Waals surface area contributed by atoms with Crippen LogP contribution in [0.5, 0.6) is 0 Å². The molecule has 9 N–H and O–H groups in total. The van der Waals surface area contributed by atoms with Gasteiger partial charge in [-0.25, -0.2) is 9.59 Å². The number of ether oxygens (including phenoxy) is 3. The van der Waals surface area contributed by atoms with E-state index in [9.17, 15) is 40.2 Å². The summed E-state index contributed by atoms with van der Waals surface area (Å²) < 4.78 is 15.0. The third kappa shape index (κ3) is 4.25. The zero-order valence-corrected chi connectivity index (χ0v) is 14.2. The molecule has 0 aromatic rings. The van der Waals surface area contributed by atoms with Gasteiger partial charge in [-0.15, -0.1) is 0 Å². The van der Waals surface area contributed by atoms with Crippen molar-refractivity contribution in [3.8, 4) is 0 Å². The number of carbonyl (C=O) groups is 2. The molecule has 28 heavy (non-hydrogen) atoms. The van der Waals surface area contributed by atoms with Gasteiger partial charge in [-0.3, -0.25) is 0 Å². The molecule has 2 aliphatic rings. The normalized spacial score (nSPS) is 43.5. The summed E-state index contributed by atoms with van der Waals surface area (Å²) in [6, 6.07) is 0. The Kier molecular flexibility index (Phi) is 6.93. The van der Waals surface area contributed by atoms with Crippen LogP contribution >= 0.6 is 0 Å². The summed E-state index contributed by atoms with van der Waals surface area (Å²) in [4.78, 5) is 22.3. The first-order valence-corrected chi connectivity index (χ1v) is 8.11. The number of rotatable bonds is 7. The van der Waals surface area contributed by atoms with E-state index in [0.29, 0.717) is 0 Å². The molecule has 0 aliphatic carbocycles. The number of aliphatic hydroxyl groups excluding tert-OH is 6. The van der Waals surface area contributed by atoms with E-state index in [1.54, 1.807) is 0 Å². The molecule has 0 spiro atoms. The van der Waals surface area contributed by atoms with Crippen molar-refractivity contribution in [3.63, 3.8) is 0 Å². The summed E-state index contributed by atoms with van der Waals surface area (Å²) >= 11 is 0. The monoisotopic (exact) mass is 414 g/mol. The largest absolute Gasteiger partial charge is 0.479 e. The summed E-state index contributed by atoms with van der Waals surface area (Å²) in [7, 11) is 0. The van der Waals surface area contributed by atoms with Gasteiger partial charge < -0.3 is 60.2 Å². The lowest BCUT2D eigenvalue weighted by molar-refractivity contribution is -0.309. The highest BCUT2D eigenvalue weighted by Crippen LogP contribution is 2.36. The van der Waals surface area contributed by atoms with Crippen LogP contribution in [0.1, 0.15) is 6.42 Å². The Hall–Kier alpha value is -1.46. The Morgan fingerprint density at radius 3 is 2.21 bits per heavy atom. The van der Waals surface area contributed by atoms with Crippen LogP contribution in [0.4, 0.5) is 0 Å². The van der Waals surface area contributed by atoms with Crippen molar-refractivity contribution in [2.75, 3.05) is 6.61 Å². The van der Waals surface area contributed by atoms with Crippen LogP contribution < -0.4 is 0 Å². The van der Waals surface area contributed by atoms with Crippen molar-refractivity contribution in [1.29, 1.82) is 0 Å². The Labute approximate surface area is 156 Å². The third-order valence-corrected chi connectivity index (χ3v) is 4.55. The van der Waals surface area contributed by atoms with Crippen LogP contribution in [0, 0.1) is 0 Å². The van der Waals surface area contributed by atoms with E-state index in [0.717, 1.165) is 0 Å². The maximum absolute atomic E-state index is 11.2. The van der Waals surface area contributed by atoms with E-state index in [4.69, 9.17) is 29.5 Å². The van der Waals surface area contributed by atoms with Crippen LogP contribution in [0.25, 0.3) is 0 Å². The molecule has 0 amide bonds. The molecule has 0 aromatic carbocycles. The topological polar surface area (TPSA) is 244 Å². The summed E-state index contributed by atoms with van der Waals surface area (Å²) in [5.41, 5.74) is 0. The zero-order chi connectivity index (χ0) is 21.4. The maximum atomic E-state index is 11.2. The second kappa shape index (κ2) is 8.50. The second-order valence-electron chi connectivity index (χ2n) is 6.53. The molecule has 14 nitrogen and oxygen atoms in total. The molecule has 0 unspecified atom stereocenters. The first-order valence-electron chi connectivity index (χ1n) is 8.11. The highest BCUT2D eigenvalue weighted by molar-refractivity contribution is 5.75. The summed E-state index contributed by atoms with van der Waals surface area (Å²) in [6.07, 6.45) is -17.9. The van der Waals surface area contributed by atoms with Gasteiger partial charge in [0.05, 0.1) is 12.7 Å². The smallest absolute Gasteiger partial charge is 0.364 e. The van der Waals surface area contributed by atoms with Crippen molar-refractivity contribution in [2.24, 2.45) is 0 Å². The number of carboxylic acids is 2. The lowest BCUT2D eigenvalue weighted by atomic mass is 9.98. The SMILES string of the molecule is O=C(O)[C@H]1O[C@H](O[C@@H]2C[C@@](O)(C(=O)O)O[C@H]2[C@H](O)[C@H](O)CO)[C@H](O)[C@@H](O)[C@@H]1O. The van der Waals surface area contributed by atoms with Crippen molar-refractivity contribution < 1.29 is 69.8 Å². The minimum Gasteiger partial charge on any atom is -0.479 e. The minimum atomic E-state index is -2.87. The molecule has 0 bridgehead atoms. The average molecular weight is 414 g/mol. The number of aliphatic carboxylic acids is 2. The van der Waals surface area contributed by atoms with E-state index < -0.39 is 85.9 Å². The molecule has 14 heteroatoms. The van der Waals surface area contributed by atoms with Gasteiger partial charge in [0.2, 0.25) is 0 Å². The molecule has 2 heterocycles. The van der Waals surface area contributed by atoms with Crippen LogP contribution in [0.15, 0.2) is 0 Å². The molecule has 2 rings (SSSR count). The van der Waals surface area contributed by atoms with Gasteiger partial charge in [-0.2, -0.15) is 0 Å². The quantitative estimate of drug-likeness (QED) is 0.189. The molecule has 0 saturated carbocycles. The Morgan fingerprint density at radius 2 is 1.71 bits per heavy atom. The van der Waals surface area contributed by atoms with Gasteiger partial charge in [0, 0.05) is 6.42 Å².